The molecule has 20 heavy (non-hydrogen) atoms. The molecular weight excluding hydrogens is 267 g/mol. The van der Waals surface area contributed by atoms with Gasteiger partial charge in [0, 0.05) is 24.6 Å². The Morgan fingerprint density at radius 3 is 2.70 bits per heavy atom. The fraction of sp³-hybridized carbons (Fsp3) is 0.357. The van der Waals surface area contributed by atoms with Crippen LogP contribution in [0.25, 0.3) is 5.69 Å². The molecule has 0 saturated carbocycles. The van der Waals surface area contributed by atoms with Crippen molar-refractivity contribution in [3.8, 4) is 5.69 Å². The fourth-order valence-electron chi connectivity index (χ4n) is 1.95. The van der Waals surface area contributed by atoms with Gasteiger partial charge in [-0.2, -0.15) is 13.2 Å². The number of alkyl halides is 3. The molecule has 2 rings (SSSR count). The zero-order chi connectivity index (χ0) is 14.6. The highest BCUT2D eigenvalue weighted by atomic mass is 19.4. The molecule has 1 N–H and O–H groups in total. The predicted molar refractivity (Wildman–Crippen MR) is 70.6 cm³/mol. The standard InChI is InChI=1S/C14H16F3N3/c1-2-5-18-9-11-3-4-12(20-7-6-19-10-20)8-13(11)14(15,16)17/h3-4,6-8,10,18H,2,5,9H2,1H3. The van der Waals surface area contributed by atoms with E-state index in [2.05, 4.69) is 10.3 Å². The van der Waals surface area contributed by atoms with Crippen LogP contribution in [0, 0.1) is 0 Å². The van der Waals surface area contributed by atoms with Gasteiger partial charge in [0.15, 0.2) is 0 Å². The first-order valence-electron chi connectivity index (χ1n) is 6.41. The van der Waals surface area contributed by atoms with Gasteiger partial charge in [-0.25, -0.2) is 4.98 Å². The number of benzene rings is 1. The van der Waals surface area contributed by atoms with E-state index in [1.807, 2.05) is 6.92 Å². The molecule has 0 aliphatic heterocycles. The third-order valence-electron chi connectivity index (χ3n) is 2.94. The van der Waals surface area contributed by atoms with Crippen molar-refractivity contribution in [2.45, 2.75) is 26.1 Å². The van der Waals surface area contributed by atoms with E-state index in [1.165, 1.54) is 18.6 Å². The van der Waals surface area contributed by atoms with Gasteiger partial charge in [0.2, 0.25) is 0 Å². The van der Waals surface area contributed by atoms with Gasteiger partial charge in [0.25, 0.3) is 0 Å². The van der Waals surface area contributed by atoms with Crippen LogP contribution in [0.2, 0.25) is 0 Å². The molecule has 0 aliphatic rings. The van der Waals surface area contributed by atoms with Crippen LogP contribution in [-0.4, -0.2) is 16.1 Å². The molecule has 3 nitrogen and oxygen atoms in total. The molecule has 1 aromatic carbocycles. The fourth-order valence-corrected chi connectivity index (χ4v) is 1.95. The number of aromatic nitrogens is 2. The monoisotopic (exact) mass is 283 g/mol. The number of nitrogens with one attached hydrogen (secondary N) is 1. The smallest absolute Gasteiger partial charge is 0.313 e. The van der Waals surface area contributed by atoms with Gasteiger partial charge in [0.1, 0.15) is 0 Å². The zero-order valence-electron chi connectivity index (χ0n) is 11.1. The van der Waals surface area contributed by atoms with Crippen LogP contribution in [0.1, 0.15) is 24.5 Å². The summed E-state index contributed by atoms with van der Waals surface area (Å²) in [4.78, 5) is 3.84. The first kappa shape index (κ1) is 14.6. The molecule has 0 radical (unpaired) electrons. The van der Waals surface area contributed by atoms with Crippen molar-refractivity contribution in [2.24, 2.45) is 0 Å². The third-order valence-corrected chi connectivity index (χ3v) is 2.94. The number of nitrogens with zero attached hydrogens (tertiary/aromatic N) is 2. The Balaban J connectivity index is 2.33. The van der Waals surface area contributed by atoms with Crippen molar-refractivity contribution < 1.29 is 13.2 Å². The Morgan fingerprint density at radius 1 is 1.30 bits per heavy atom. The van der Waals surface area contributed by atoms with Crippen LogP contribution in [0.15, 0.2) is 36.9 Å². The second-order valence-corrected chi connectivity index (χ2v) is 4.49. The first-order chi connectivity index (χ1) is 9.52. The van der Waals surface area contributed by atoms with Crippen LogP contribution in [0.3, 0.4) is 0 Å². The number of halogens is 3. The first-order valence-corrected chi connectivity index (χ1v) is 6.41. The second-order valence-electron chi connectivity index (χ2n) is 4.49. The van der Waals surface area contributed by atoms with E-state index in [0.29, 0.717) is 12.2 Å². The van der Waals surface area contributed by atoms with Gasteiger partial charge >= 0.3 is 6.18 Å². The van der Waals surface area contributed by atoms with E-state index in [0.717, 1.165) is 12.5 Å². The maximum Gasteiger partial charge on any atom is 0.416 e. The van der Waals surface area contributed by atoms with Crippen LogP contribution in [0.4, 0.5) is 13.2 Å². The van der Waals surface area contributed by atoms with Gasteiger partial charge in [-0.1, -0.05) is 13.0 Å². The van der Waals surface area contributed by atoms with E-state index < -0.39 is 11.7 Å². The van der Waals surface area contributed by atoms with E-state index in [1.54, 1.807) is 16.8 Å². The predicted octanol–water partition coefficient (Wildman–Crippen LogP) is 3.39. The molecular formula is C14H16F3N3. The lowest BCUT2D eigenvalue weighted by Crippen LogP contribution is -2.18. The number of hydrogen-bond donors (Lipinski definition) is 1. The van der Waals surface area contributed by atoms with Crippen molar-refractivity contribution in [1.29, 1.82) is 0 Å². The second kappa shape index (κ2) is 6.09. The Morgan fingerprint density at radius 2 is 2.10 bits per heavy atom. The van der Waals surface area contributed by atoms with Crippen molar-refractivity contribution in [3.63, 3.8) is 0 Å². The summed E-state index contributed by atoms with van der Waals surface area (Å²) in [5.41, 5.74) is 0.108. The third kappa shape index (κ3) is 3.39. The Kier molecular flexibility index (Phi) is 4.44. The Labute approximate surface area is 115 Å². The lowest BCUT2D eigenvalue weighted by molar-refractivity contribution is -0.138. The molecule has 0 atom stereocenters. The molecule has 0 amide bonds. The molecule has 0 spiro atoms. The van der Waals surface area contributed by atoms with Crippen LogP contribution >= 0.6 is 0 Å². The quantitative estimate of drug-likeness (QED) is 0.852. The molecule has 0 aliphatic carbocycles. The highest BCUT2D eigenvalue weighted by Crippen LogP contribution is 2.33. The minimum absolute atomic E-state index is 0.215. The summed E-state index contributed by atoms with van der Waals surface area (Å²) in [5.74, 6) is 0. The van der Waals surface area contributed by atoms with Crippen molar-refractivity contribution in [1.82, 2.24) is 14.9 Å². The maximum absolute atomic E-state index is 13.1. The van der Waals surface area contributed by atoms with Crippen LogP contribution in [0.5, 0.6) is 0 Å². The summed E-state index contributed by atoms with van der Waals surface area (Å²) in [5, 5.41) is 3.00. The number of rotatable bonds is 5. The number of imidazole rings is 1. The van der Waals surface area contributed by atoms with Gasteiger partial charge < -0.3 is 9.88 Å². The van der Waals surface area contributed by atoms with Crippen LogP contribution < -0.4 is 5.32 Å². The summed E-state index contributed by atoms with van der Waals surface area (Å²) in [6, 6.07) is 4.34. The zero-order valence-corrected chi connectivity index (χ0v) is 11.1. The van der Waals surface area contributed by atoms with Crippen molar-refractivity contribution in [3.05, 3.63) is 48.0 Å². The molecule has 108 valence electrons. The summed E-state index contributed by atoms with van der Waals surface area (Å²) in [7, 11) is 0. The molecule has 0 saturated heterocycles. The highest BCUT2D eigenvalue weighted by Gasteiger charge is 2.33. The topological polar surface area (TPSA) is 29.9 Å². The van der Waals surface area contributed by atoms with E-state index in [-0.39, 0.29) is 12.1 Å². The minimum Gasteiger partial charge on any atom is -0.313 e. The molecule has 6 heteroatoms. The molecule has 0 bridgehead atoms. The largest absolute Gasteiger partial charge is 0.416 e. The lowest BCUT2D eigenvalue weighted by Gasteiger charge is -2.15. The molecule has 2 aromatic rings. The van der Waals surface area contributed by atoms with E-state index in [4.69, 9.17) is 0 Å². The van der Waals surface area contributed by atoms with E-state index >= 15 is 0 Å². The molecule has 0 unspecified atom stereocenters. The average molecular weight is 283 g/mol. The number of hydrogen-bond acceptors (Lipinski definition) is 2. The van der Waals surface area contributed by atoms with E-state index in [9.17, 15) is 13.2 Å². The lowest BCUT2D eigenvalue weighted by atomic mass is 10.1. The summed E-state index contributed by atoms with van der Waals surface area (Å²) in [6.07, 6.45) is 1.15. The Hall–Kier alpha value is -1.82. The SMILES string of the molecule is CCCNCc1ccc(-n2ccnc2)cc1C(F)(F)F. The van der Waals surface area contributed by atoms with Gasteiger partial charge in [-0.15, -0.1) is 0 Å². The maximum atomic E-state index is 13.1. The van der Waals surface area contributed by atoms with Crippen molar-refractivity contribution in [2.75, 3.05) is 6.54 Å². The summed E-state index contributed by atoms with van der Waals surface area (Å²) in [6.45, 7) is 2.88. The van der Waals surface area contributed by atoms with Crippen molar-refractivity contribution >= 4 is 0 Å². The molecule has 0 fully saturated rings. The summed E-state index contributed by atoms with van der Waals surface area (Å²) >= 11 is 0. The van der Waals surface area contributed by atoms with Gasteiger partial charge in [-0.05, 0) is 30.7 Å². The average Bonchev–Trinajstić information content (AvgIpc) is 2.92. The molecule has 1 aromatic heterocycles. The normalized spacial score (nSPS) is 11.8. The van der Waals surface area contributed by atoms with Gasteiger partial charge in [-0.3, -0.25) is 0 Å². The highest BCUT2D eigenvalue weighted by molar-refractivity contribution is 5.42. The Bertz CT molecular complexity index is 547. The van der Waals surface area contributed by atoms with Crippen LogP contribution in [-0.2, 0) is 12.7 Å². The minimum atomic E-state index is -4.36. The van der Waals surface area contributed by atoms with Gasteiger partial charge in [0.05, 0.1) is 11.9 Å². The molecule has 1 heterocycles. The summed E-state index contributed by atoms with van der Waals surface area (Å²) < 4.78 is 40.9.